The van der Waals surface area contributed by atoms with Crippen LogP contribution in [-0.2, 0) is 22.7 Å². The predicted molar refractivity (Wildman–Crippen MR) is 174 cm³/mol. The Bertz CT molecular complexity index is 1560. The van der Waals surface area contributed by atoms with Gasteiger partial charge in [-0.15, -0.1) is 0 Å². The fraction of sp³-hybridized carbons (Fsp3) is 0.667. The van der Waals surface area contributed by atoms with Crippen molar-refractivity contribution in [2.75, 3.05) is 11.5 Å². The van der Waals surface area contributed by atoms with Crippen molar-refractivity contribution in [1.82, 2.24) is 0 Å². The smallest absolute Gasteiger partial charge is 0.385 e. The van der Waals surface area contributed by atoms with E-state index >= 15 is 70.2 Å². The van der Waals surface area contributed by atoms with Crippen LogP contribution in [0.4, 0.5) is 81.6 Å². The molecule has 2 aromatic rings. The van der Waals surface area contributed by atoms with Crippen LogP contribution in [0.25, 0.3) is 0 Å². The van der Waals surface area contributed by atoms with Crippen LogP contribution in [0.15, 0.2) is 24.3 Å². The van der Waals surface area contributed by atoms with Crippen molar-refractivity contribution >= 4 is 11.4 Å². The second-order valence-electron chi connectivity index (χ2n) is 15.8. The molecule has 2 unspecified atom stereocenters. The van der Waals surface area contributed by atoms with Gasteiger partial charge in [-0.3, -0.25) is 0 Å². The quantitative estimate of drug-likeness (QED) is 0.156. The Hall–Kier alpha value is -3.08. The molecule has 0 aromatic heterocycles. The Morgan fingerprint density at radius 3 is 0.852 bits per heavy atom. The number of hydrogen-bond donors (Lipinski definition) is 2. The van der Waals surface area contributed by atoms with Gasteiger partial charge in [-0.05, 0) is 82.0 Å². The molecular formula is C36H44F16N2. The molecule has 0 bridgehead atoms. The summed E-state index contributed by atoms with van der Waals surface area (Å²) in [4.78, 5) is 0. The number of nitrogens with two attached hydrogens (primary N) is 2. The van der Waals surface area contributed by atoms with E-state index in [0.717, 1.165) is 0 Å². The summed E-state index contributed by atoms with van der Waals surface area (Å²) in [7, 11) is 0. The largest absolute Gasteiger partial charge is 0.398 e. The van der Waals surface area contributed by atoms with Crippen LogP contribution >= 0.6 is 0 Å². The average molecular weight is 809 g/mol. The SMILES string of the molecule is CCC(C)c1cc(C(F)(F)C(F)(F)C(F)(F)C(F)(F)C(F)(F)C(F)(F)C(F)(F)C(F)(F)c2cc(C(C)CC)c(N)c(C(C)(C)C)c2)cc(C(C)(C)C)c1N. The number of nitrogen functional groups attached to an aromatic ring is 2. The maximum Gasteiger partial charge on any atom is 0.385 e. The second kappa shape index (κ2) is 13.8. The Kier molecular flexibility index (Phi) is 12.1. The fourth-order valence-electron chi connectivity index (χ4n) is 5.76. The minimum absolute atomic E-state index is 0.0560. The van der Waals surface area contributed by atoms with Crippen LogP contribution in [-0.4, -0.2) is 35.5 Å². The molecule has 18 heteroatoms. The third kappa shape index (κ3) is 6.87. The standard InChI is InChI=1S/C36H44F16N2/c1-11-17(3)21-13-19(15-23(25(21)53)27(5,6)7)29(37,38)31(41,42)33(45,46)35(49,50)36(51,52)34(47,48)32(43,44)30(39,40)20-14-22(18(4)12-2)26(54)24(16-20)28(8,9)10/h13-18H,11-12,53-54H2,1-10H3. The number of hydrogen-bond acceptors (Lipinski definition) is 2. The van der Waals surface area contributed by atoms with Gasteiger partial charge in [-0.25, -0.2) is 0 Å². The lowest BCUT2D eigenvalue weighted by Crippen LogP contribution is -2.74. The zero-order chi connectivity index (χ0) is 43.0. The number of anilines is 2. The predicted octanol–water partition coefficient (Wildman–Crippen LogP) is 13.2. The highest BCUT2D eigenvalue weighted by Crippen LogP contribution is 2.66. The Balaban J connectivity index is 2.89. The molecule has 0 amide bonds. The zero-order valence-electron chi connectivity index (χ0n) is 31.1. The molecule has 0 fully saturated rings. The maximum atomic E-state index is 15.5. The summed E-state index contributed by atoms with van der Waals surface area (Å²) in [5, 5.41) is 0. The Morgan fingerprint density at radius 1 is 0.426 bits per heavy atom. The molecule has 0 radical (unpaired) electrons. The third-order valence-electron chi connectivity index (χ3n) is 9.81. The van der Waals surface area contributed by atoms with Gasteiger partial charge in [0.05, 0.1) is 0 Å². The molecule has 2 rings (SSSR count). The minimum atomic E-state index is -8.56. The molecule has 0 spiro atoms. The first kappa shape index (κ1) is 47.1. The highest BCUT2D eigenvalue weighted by atomic mass is 19.4. The summed E-state index contributed by atoms with van der Waals surface area (Å²) in [6.07, 6.45) is 0.112. The van der Waals surface area contributed by atoms with Crippen molar-refractivity contribution in [3.63, 3.8) is 0 Å². The van der Waals surface area contributed by atoms with E-state index in [4.69, 9.17) is 11.5 Å². The zero-order valence-corrected chi connectivity index (χ0v) is 31.1. The van der Waals surface area contributed by atoms with E-state index in [1.807, 2.05) is 0 Å². The Morgan fingerprint density at radius 2 is 0.648 bits per heavy atom. The number of alkyl halides is 16. The summed E-state index contributed by atoms with van der Waals surface area (Å²) in [6.45, 7) is 13.3. The summed E-state index contributed by atoms with van der Waals surface area (Å²) in [5.74, 6) is -64.4. The number of rotatable bonds is 13. The van der Waals surface area contributed by atoms with E-state index < -0.39 is 103 Å². The van der Waals surface area contributed by atoms with Crippen LogP contribution in [0, 0.1) is 0 Å². The van der Waals surface area contributed by atoms with Crippen molar-refractivity contribution in [3.8, 4) is 0 Å². The third-order valence-corrected chi connectivity index (χ3v) is 9.81. The molecule has 2 atom stereocenters. The highest BCUT2D eigenvalue weighted by Gasteiger charge is 2.95. The van der Waals surface area contributed by atoms with Crippen molar-refractivity contribution in [3.05, 3.63) is 57.6 Å². The summed E-state index contributed by atoms with van der Waals surface area (Å²) >= 11 is 0. The molecule has 0 aliphatic carbocycles. The monoisotopic (exact) mass is 808 g/mol. The van der Waals surface area contributed by atoms with Crippen LogP contribution in [0.3, 0.4) is 0 Å². The van der Waals surface area contributed by atoms with E-state index in [1.165, 1.54) is 69.2 Å². The molecule has 54 heavy (non-hydrogen) atoms. The van der Waals surface area contributed by atoms with Gasteiger partial charge in [0.25, 0.3) is 0 Å². The second-order valence-corrected chi connectivity index (χ2v) is 15.8. The molecule has 4 N–H and O–H groups in total. The van der Waals surface area contributed by atoms with E-state index in [9.17, 15) is 0 Å². The van der Waals surface area contributed by atoms with Gasteiger partial charge in [0, 0.05) is 22.5 Å². The van der Waals surface area contributed by atoms with E-state index in [2.05, 4.69) is 0 Å². The van der Waals surface area contributed by atoms with Crippen LogP contribution in [0.5, 0.6) is 0 Å². The molecule has 0 saturated heterocycles. The summed E-state index contributed by atoms with van der Waals surface area (Å²) < 4.78 is 243. The van der Waals surface area contributed by atoms with Crippen molar-refractivity contribution in [2.24, 2.45) is 0 Å². The molecule has 0 heterocycles. The summed E-state index contributed by atoms with van der Waals surface area (Å²) in [5.41, 5.74) is 2.68. The molecule has 2 nitrogen and oxygen atoms in total. The van der Waals surface area contributed by atoms with Gasteiger partial charge in [-0.1, -0.05) is 69.2 Å². The van der Waals surface area contributed by atoms with Crippen LogP contribution in [0.2, 0.25) is 0 Å². The normalized spacial score (nSPS) is 16.1. The fourth-order valence-corrected chi connectivity index (χ4v) is 5.76. The lowest BCUT2D eigenvalue weighted by molar-refractivity contribution is -0.456. The van der Waals surface area contributed by atoms with Gasteiger partial charge < -0.3 is 11.5 Å². The minimum Gasteiger partial charge on any atom is -0.398 e. The highest BCUT2D eigenvalue weighted by molar-refractivity contribution is 5.61. The van der Waals surface area contributed by atoms with Crippen molar-refractivity contribution in [1.29, 1.82) is 0 Å². The van der Waals surface area contributed by atoms with Crippen LogP contribution < -0.4 is 11.5 Å². The van der Waals surface area contributed by atoms with E-state index in [0.29, 0.717) is 0 Å². The average Bonchev–Trinajstić information content (AvgIpc) is 3.02. The number of halogens is 16. The lowest BCUT2D eigenvalue weighted by Gasteiger charge is -2.44. The number of benzene rings is 2. The molecule has 0 saturated carbocycles. The van der Waals surface area contributed by atoms with Gasteiger partial charge in [0.2, 0.25) is 0 Å². The van der Waals surface area contributed by atoms with E-state index in [-0.39, 0.29) is 48.5 Å². The van der Waals surface area contributed by atoms with Gasteiger partial charge >= 0.3 is 47.4 Å². The van der Waals surface area contributed by atoms with Crippen molar-refractivity contribution < 1.29 is 70.2 Å². The lowest BCUT2D eigenvalue weighted by atomic mass is 9.78. The molecule has 2 aromatic carbocycles. The first-order valence-corrected chi connectivity index (χ1v) is 16.6. The molecule has 0 aliphatic rings. The van der Waals surface area contributed by atoms with Crippen molar-refractivity contribution in [2.45, 2.75) is 152 Å². The van der Waals surface area contributed by atoms with Crippen LogP contribution in [0.1, 0.15) is 127 Å². The van der Waals surface area contributed by atoms with Gasteiger partial charge in [0.1, 0.15) is 0 Å². The first-order valence-electron chi connectivity index (χ1n) is 16.6. The van der Waals surface area contributed by atoms with E-state index in [1.54, 1.807) is 0 Å². The maximum absolute atomic E-state index is 15.5. The summed E-state index contributed by atoms with van der Waals surface area (Å²) in [6, 6.07) is 0.400. The Labute approximate surface area is 303 Å². The van der Waals surface area contributed by atoms with Gasteiger partial charge in [0.15, 0.2) is 0 Å². The molecular weight excluding hydrogens is 764 g/mol. The molecule has 0 aliphatic heterocycles. The first-order chi connectivity index (χ1) is 23.7. The van der Waals surface area contributed by atoms with Gasteiger partial charge in [-0.2, -0.15) is 70.2 Å². The topological polar surface area (TPSA) is 52.0 Å². The molecule has 310 valence electrons.